The summed E-state index contributed by atoms with van der Waals surface area (Å²) in [5.74, 6) is 0.115. The molecule has 3 atom stereocenters. The van der Waals surface area contributed by atoms with Crippen LogP contribution in [0.3, 0.4) is 0 Å². The van der Waals surface area contributed by atoms with E-state index in [9.17, 15) is 9.90 Å². The van der Waals surface area contributed by atoms with Gasteiger partial charge in [-0.25, -0.2) is 0 Å². The first-order valence-electron chi connectivity index (χ1n) is 6.99. The molecule has 0 saturated carbocycles. The molecule has 0 aromatic rings. The number of nitrogens with zero attached hydrogens (tertiary/aromatic N) is 1. The van der Waals surface area contributed by atoms with E-state index in [0.29, 0.717) is 26.1 Å². The number of aliphatic hydroxyl groups excluding tert-OH is 1. The van der Waals surface area contributed by atoms with Crippen molar-refractivity contribution < 1.29 is 9.90 Å². The lowest BCUT2D eigenvalue weighted by atomic mass is 9.83. The van der Waals surface area contributed by atoms with Crippen LogP contribution in [-0.4, -0.2) is 54.5 Å². The molecule has 0 radical (unpaired) electrons. The monoisotopic (exact) mass is 289 g/mol. The van der Waals surface area contributed by atoms with Crippen LogP contribution in [0.15, 0.2) is 0 Å². The van der Waals surface area contributed by atoms with E-state index in [2.05, 4.69) is 28.4 Å². The fourth-order valence-corrected chi connectivity index (χ4v) is 2.67. The molecule has 1 heterocycles. The van der Waals surface area contributed by atoms with Crippen LogP contribution < -0.4 is 11.1 Å². The fraction of sp³-hybridized carbons (Fsp3) is 0.923. The molecule has 5 nitrogen and oxygen atoms in total. The predicted octanol–water partition coefficient (Wildman–Crippen LogP) is -0.00700. The SMILES string of the molecule is CC(C)(CP)CC1CC(=O)N(CCNCCN)C1O. The first kappa shape index (κ1) is 16.8. The Morgan fingerprint density at radius 2 is 2.21 bits per heavy atom. The van der Waals surface area contributed by atoms with Gasteiger partial charge in [0.25, 0.3) is 0 Å². The van der Waals surface area contributed by atoms with E-state index < -0.39 is 6.23 Å². The summed E-state index contributed by atoms with van der Waals surface area (Å²) in [5.41, 5.74) is 5.53. The van der Waals surface area contributed by atoms with Gasteiger partial charge in [-0.1, -0.05) is 13.8 Å². The van der Waals surface area contributed by atoms with Crippen molar-refractivity contribution in [1.82, 2.24) is 10.2 Å². The van der Waals surface area contributed by atoms with Gasteiger partial charge in [-0.2, -0.15) is 0 Å². The number of carbonyl (C=O) groups is 1. The summed E-state index contributed by atoms with van der Waals surface area (Å²) in [7, 11) is 2.74. The van der Waals surface area contributed by atoms with Crippen molar-refractivity contribution in [3.63, 3.8) is 0 Å². The number of likely N-dealkylation sites (tertiary alicyclic amines) is 1. The summed E-state index contributed by atoms with van der Waals surface area (Å²) < 4.78 is 0. The standard InChI is InChI=1S/C13H28N3O2P/c1-13(2,9-19)8-10-7-11(17)16(12(10)18)6-5-15-4-3-14/h10,12,15,18H,3-9,14,19H2,1-2H3. The minimum Gasteiger partial charge on any atom is -0.373 e. The Hall–Kier alpha value is -0.220. The molecule has 0 spiro atoms. The number of nitrogens with one attached hydrogen (secondary N) is 1. The molecule has 1 aliphatic rings. The second-order valence-electron chi connectivity index (χ2n) is 6.08. The quantitative estimate of drug-likeness (QED) is 0.434. The summed E-state index contributed by atoms with van der Waals surface area (Å²) in [6.07, 6.45) is 1.67. The number of rotatable bonds is 8. The first-order valence-corrected chi connectivity index (χ1v) is 7.81. The largest absolute Gasteiger partial charge is 0.373 e. The molecule has 1 aliphatic heterocycles. The number of hydrogen-bond acceptors (Lipinski definition) is 4. The molecular weight excluding hydrogens is 261 g/mol. The normalized spacial score (nSPS) is 24.3. The van der Waals surface area contributed by atoms with Crippen molar-refractivity contribution in [3.8, 4) is 0 Å². The topological polar surface area (TPSA) is 78.6 Å². The van der Waals surface area contributed by atoms with Crippen LogP contribution in [-0.2, 0) is 4.79 Å². The van der Waals surface area contributed by atoms with Crippen molar-refractivity contribution in [2.75, 3.05) is 32.3 Å². The molecule has 4 N–H and O–H groups in total. The zero-order valence-corrected chi connectivity index (χ0v) is 13.2. The number of aliphatic hydroxyl groups is 1. The summed E-state index contributed by atoms with van der Waals surface area (Å²) in [4.78, 5) is 13.5. The Balaban J connectivity index is 2.46. The van der Waals surface area contributed by atoms with Gasteiger partial charge in [0.05, 0.1) is 0 Å². The summed E-state index contributed by atoms with van der Waals surface area (Å²) in [6.45, 7) is 6.89. The van der Waals surface area contributed by atoms with Gasteiger partial charge in [0.1, 0.15) is 6.23 Å². The lowest BCUT2D eigenvalue weighted by Crippen LogP contribution is -2.41. The van der Waals surface area contributed by atoms with Gasteiger partial charge in [-0.15, -0.1) is 9.24 Å². The summed E-state index contributed by atoms with van der Waals surface area (Å²) in [6, 6.07) is 0. The Bertz CT molecular complexity index is 300. The Morgan fingerprint density at radius 1 is 1.53 bits per heavy atom. The minimum atomic E-state index is -0.636. The average Bonchev–Trinajstić information content (AvgIpc) is 2.61. The van der Waals surface area contributed by atoms with Gasteiger partial charge in [-0.3, -0.25) is 4.79 Å². The van der Waals surface area contributed by atoms with Gasteiger partial charge in [0.2, 0.25) is 5.91 Å². The molecule has 6 heteroatoms. The molecule has 1 saturated heterocycles. The van der Waals surface area contributed by atoms with Crippen LogP contribution in [0.1, 0.15) is 26.7 Å². The van der Waals surface area contributed by atoms with Crippen molar-refractivity contribution in [1.29, 1.82) is 0 Å². The van der Waals surface area contributed by atoms with Gasteiger partial charge < -0.3 is 21.1 Å². The highest BCUT2D eigenvalue weighted by molar-refractivity contribution is 7.16. The third-order valence-corrected chi connectivity index (χ3v) is 4.82. The maximum absolute atomic E-state index is 11.9. The fourth-order valence-electron chi connectivity index (χ4n) is 2.50. The Labute approximate surface area is 118 Å². The molecule has 0 aromatic heterocycles. The average molecular weight is 289 g/mol. The smallest absolute Gasteiger partial charge is 0.225 e. The maximum atomic E-state index is 11.9. The van der Waals surface area contributed by atoms with Crippen LogP contribution in [0.2, 0.25) is 0 Å². The van der Waals surface area contributed by atoms with E-state index in [1.165, 1.54) is 0 Å². The molecule has 0 bridgehead atoms. The van der Waals surface area contributed by atoms with Crippen LogP contribution in [0, 0.1) is 11.3 Å². The lowest BCUT2D eigenvalue weighted by Gasteiger charge is -2.29. The molecule has 0 aromatic carbocycles. The summed E-state index contributed by atoms with van der Waals surface area (Å²) >= 11 is 0. The van der Waals surface area contributed by atoms with E-state index in [-0.39, 0.29) is 17.2 Å². The third kappa shape index (κ3) is 4.99. The summed E-state index contributed by atoms with van der Waals surface area (Å²) in [5, 5.41) is 13.4. The number of nitrogens with two attached hydrogens (primary N) is 1. The Morgan fingerprint density at radius 3 is 2.79 bits per heavy atom. The van der Waals surface area contributed by atoms with E-state index in [4.69, 9.17) is 5.73 Å². The van der Waals surface area contributed by atoms with Crippen molar-refractivity contribution in [3.05, 3.63) is 0 Å². The highest BCUT2D eigenvalue weighted by Gasteiger charge is 2.40. The Kier molecular flexibility index (Phi) is 6.67. The molecule has 1 rings (SSSR count). The van der Waals surface area contributed by atoms with E-state index in [1.807, 2.05) is 0 Å². The molecule has 1 fully saturated rings. The van der Waals surface area contributed by atoms with Gasteiger partial charge >= 0.3 is 0 Å². The zero-order valence-electron chi connectivity index (χ0n) is 12.1. The number of carbonyl (C=O) groups excluding carboxylic acids is 1. The third-order valence-electron chi connectivity index (χ3n) is 3.72. The second kappa shape index (κ2) is 7.53. The molecule has 112 valence electrons. The molecule has 1 amide bonds. The van der Waals surface area contributed by atoms with Crippen LogP contribution in [0.5, 0.6) is 0 Å². The van der Waals surface area contributed by atoms with Gasteiger partial charge in [0, 0.05) is 38.5 Å². The van der Waals surface area contributed by atoms with Crippen molar-refractivity contribution in [2.45, 2.75) is 32.9 Å². The predicted molar refractivity (Wildman–Crippen MR) is 80.7 cm³/mol. The lowest BCUT2D eigenvalue weighted by molar-refractivity contribution is -0.133. The van der Waals surface area contributed by atoms with Crippen molar-refractivity contribution in [2.24, 2.45) is 17.1 Å². The van der Waals surface area contributed by atoms with Crippen LogP contribution in [0.25, 0.3) is 0 Å². The van der Waals surface area contributed by atoms with Crippen LogP contribution >= 0.6 is 9.24 Å². The number of hydrogen-bond donors (Lipinski definition) is 3. The highest BCUT2D eigenvalue weighted by Crippen LogP contribution is 2.35. The van der Waals surface area contributed by atoms with E-state index >= 15 is 0 Å². The van der Waals surface area contributed by atoms with E-state index in [0.717, 1.165) is 19.1 Å². The molecule has 3 unspecified atom stereocenters. The van der Waals surface area contributed by atoms with Crippen molar-refractivity contribution >= 4 is 15.1 Å². The highest BCUT2D eigenvalue weighted by atomic mass is 31.0. The second-order valence-corrected chi connectivity index (χ2v) is 6.48. The zero-order chi connectivity index (χ0) is 14.5. The van der Waals surface area contributed by atoms with E-state index in [1.54, 1.807) is 4.90 Å². The maximum Gasteiger partial charge on any atom is 0.225 e. The minimum absolute atomic E-state index is 0.0533. The van der Waals surface area contributed by atoms with Gasteiger partial charge in [0.15, 0.2) is 0 Å². The molecule has 19 heavy (non-hydrogen) atoms. The van der Waals surface area contributed by atoms with Crippen LogP contribution in [0.4, 0.5) is 0 Å². The molecular formula is C13H28N3O2P. The van der Waals surface area contributed by atoms with Gasteiger partial charge in [-0.05, 0) is 18.0 Å². The first-order chi connectivity index (χ1) is 8.91. The number of amides is 1. The molecule has 0 aliphatic carbocycles.